The Morgan fingerprint density at radius 2 is 1.88 bits per heavy atom. The van der Waals surface area contributed by atoms with Gasteiger partial charge in [0, 0.05) is 4.88 Å². The van der Waals surface area contributed by atoms with E-state index < -0.39 is 0 Å². The van der Waals surface area contributed by atoms with Gasteiger partial charge in [0.15, 0.2) is 0 Å². The number of thiophene rings is 1. The zero-order valence-corrected chi connectivity index (χ0v) is 13.5. The van der Waals surface area contributed by atoms with Crippen LogP contribution < -0.4 is 0 Å². The van der Waals surface area contributed by atoms with E-state index in [2.05, 4.69) is 22.0 Å². The fourth-order valence-corrected chi connectivity index (χ4v) is 3.66. The number of halogens is 4. The molecule has 90 valence electrons. The standard InChI is InChI=1S/C12H8BrCl3S/c1-6-4-10(17-12(6)13)11(16)7-2-3-8(14)9(15)5-7/h2-5,11H,1H3. The number of hydrogen-bond donors (Lipinski definition) is 0. The van der Waals surface area contributed by atoms with Gasteiger partial charge >= 0.3 is 0 Å². The van der Waals surface area contributed by atoms with E-state index in [9.17, 15) is 0 Å². The predicted molar refractivity (Wildman–Crippen MR) is 80.9 cm³/mol. The number of benzene rings is 1. The Hall–Kier alpha value is 0.270. The van der Waals surface area contributed by atoms with Gasteiger partial charge in [-0.25, -0.2) is 0 Å². The molecule has 0 amide bonds. The van der Waals surface area contributed by atoms with Gasteiger partial charge in [-0.3, -0.25) is 0 Å². The lowest BCUT2D eigenvalue weighted by molar-refractivity contribution is 1.18. The van der Waals surface area contributed by atoms with E-state index >= 15 is 0 Å². The number of rotatable bonds is 2. The molecular formula is C12H8BrCl3S. The van der Waals surface area contributed by atoms with Gasteiger partial charge in [0.05, 0.1) is 19.2 Å². The lowest BCUT2D eigenvalue weighted by atomic mass is 10.1. The molecule has 5 heteroatoms. The summed E-state index contributed by atoms with van der Waals surface area (Å²) in [4.78, 5) is 1.09. The van der Waals surface area contributed by atoms with Gasteiger partial charge in [-0.2, -0.15) is 0 Å². The smallest absolute Gasteiger partial charge is 0.0928 e. The van der Waals surface area contributed by atoms with Crippen LogP contribution in [0.15, 0.2) is 28.1 Å². The highest BCUT2D eigenvalue weighted by Crippen LogP contribution is 2.39. The van der Waals surface area contributed by atoms with Gasteiger partial charge in [-0.15, -0.1) is 22.9 Å². The molecule has 1 aromatic heterocycles. The molecule has 0 N–H and O–H groups in total. The van der Waals surface area contributed by atoms with Crippen LogP contribution in [0.2, 0.25) is 10.0 Å². The van der Waals surface area contributed by atoms with Gasteiger partial charge in [0.2, 0.25) is 0 Å². The van der Waals surface area contributed by atoms with Crippen molar-refractivity contribution in [3.63, 3.8) is 0 Å². The van der Waals surface area contributed by atoms with E-state index in [1.165, 1.54) is 5.56 Å². The first-order valence-corrected chi connectivity index (χ1v) is 7.64. The number of alkyl halides is 1. The molecule has 0 saturated carbocycles. The van der Waals surface area contributed by atoms with Crippen LogP contribution in [-0.4, -0.2) is 0 Å². The van der Waals surface area contributed by atoms with Crippen LogP contribution in [0.1, 0.15) is 21.4 Å². The van der Waals surface area contributed by atoms with E-state index in [1.54, 1.807) is 17.4 Å². The van der Waals surface area contributed by atoms with E-state index in [0.717, 1.165) is 14.2 Å². The molecule has 0 nitrogen and oxygen atoms in total. The summed E-state index contributed by atoms with van der Waals surface area (Å²) in [6, 6.07) is 7.55. The Kier molecular flexibility index (Phi) is 4.43. The number of hydrogen-bond acceptors (Lipinski definition) is 1. The third-order valence-electron chi connectivity index (χ3n) is 2.36. The second-order valence-electron chi connectivity index (χ2n) is 3.64. The highest BCUT2D eigenvalue weighted by molar-refractivity contribution is 9.11. The van der Waals surface area contributed by atoms with Crippen molar-refractivity contribution in [3.05, 3.63) is 54.1 Å². The van der Waals surface area contributed by atoms with Crippen molar-refractivity contribution in [1.82, 2.24) is 0 Å². The van der Waals surface area contributed by atoms with Crippen molar-refractivity contribution in [1.29, 1.82) is 0 Å². The monoisotopic (exact) mass is 368 g/mol. The zero-order valence-electron chi connectivity index (χ0n) is 8.81. The van der Waals surface area contributed by atoms with Crippen molar-refractivity contribution in [2.24, 2.45) is 0 Å². The highest BCUT2D eigenvalue weighted by atomic mass is 79.9. The minimum Gasteiger partial charge on any atom is -0.131 e. The van der Waals surface area contributed by atoms with Crippen molar-refractivity contribution in [2.45, 2.75) is 12.3 Å². The van der Waals surface area contributed by atoms with Crippen molar-refractivity contribution in [3.8, 4) is 0 Å². The molecule has 0 saturated heterocycles. The maximum Gasteiger partial charge on any atom is 0.0928 e. The molecule has 0 aliphatic carbocycles. The van der Waals surface area contributed by atoms with Gasteiger partial charge in [-0.1, -0.05) is 29.3 Å². The zero-order chi connectivity index (χ0) is 12.6. The average Bonchev–Trinajstić information content (AvgIpc) is 2.62. The second-order valence-corrected chi connectivity index (χ2v) is 7.29. The molecule has 0 bridgehead atoms. The summed E-state index contributed by atoms with van der Waals surface area (Å²) in [6.45, 7) is 2.04. The molecule has 0 fully saturated rings. The third-order valence-corrected chi connectivity index (χ3v) is 5.92. The molecular weight excluding hydrogens is 362 g/mol. The quantitative estimate of drug-likeness (QED) is 0.533. The summed E-state index contributed by atoms with van der Waals surface area (Å²) in [5, 5.41) is 0.879. The van der Waals surface area contributed by atoms with Gasteiger partial charge < -0.3 is 0 Å². The Balaban J connectivity index is 2.36. The SMILES string of the molecule is Cc1cc(C(Cl)c2ccc(Cl)c(Cl)c2)sc1Br. The van der Waals surface area contributed by atoms with Crippen LogP contribution in [0.3, 0.4) is 0 Å². The summed E-state index contributed by atoms with van der Waals surface area (Å²) in [6.07, 6.45) is 0. The normalized spacial score (nSPS) is 12.8. The summed E-state index contributed by atoms with van der Waals surface area (Å²) >= 11 is 23.4. The van der Waals surface area contributed by atoms with Crippen LogP contribution in [-0.2, 0) is 0 Å². The molecule has 1 aromatic carbocycles. The molecule has 17 heavy (non-hydrogen) atoms. The minimum atomic E-state index is -0.195. The molecule has 1 atom stereocenters. The van der Waals surface area contributed by atoms with Gasteiger partial charge in [0.1, 0.15) is 0 Å². The third kappa shape index (κ3) is 2.99. The summed E-state index contributed by atoms with van der Waals surface area (Å²) < 4.78 is 1.11. The van der Waals surface area contributed by atoms with Crippen LogP contribution >= 0.6 is 62.1 Å². The first kappa shape index (κ1) is 13.7. The topological polar surface area (TPSA) is 0 Å². The van der Waals surface area contributed by atoms with E-state index in [-0.39, 0.29) is 5.38 Å². The lowest BCUT2D eigenvalue weighted by Crippen LogP contribution is -1.90. The van der Waals surface area contributed by atoms with Crippen molar-refractivity contribution in [2.75, 3.05) is 0 Å². The average molecular weight is 371 g/mol. The first-order valence-electron chi connectivity index (χ1n) is 4.84. The molecule has 1 heterocycles. The summed E-state index contributed by atoms with van der Waals surface area (Å²) in [5.41, 5.74) is 2.14. The van der Waals surface area contributed by atoms with Crippen LogP contribution in [0, 0.1) is 6.92 Å². The molecule has 0 spiro atoms. The Bertz CT molecular complexity index is 531. The van der Waals surface area contributed by atoms with Crippen LogP contribution in [0.5, 0.6) is 0 Å². The highest BCUT2D eigenvalue weighted by Gasteiger charge is 2.15. The predicted octanol–water partition coefficient (Wildman–Crippen LogP) is 6.45. The Morgan fingerprint density at radius 1 is 1.18 bits per heavy atom. The van der Waals surface area contributed by atoms with Crippen LogP contribution in [0.4, 0.5) is 0 Å². The van der Waals surface area contributed by atoms with Crippen molar-refractivity contribution >= 4 is 62.1 Å². The lowest BCUT2D eigenvalue weighted by Gasteiger charge is -2.08. The molecule has 0 aliphatic heterocycles. The molecule has 2 aromatic rings. The second kappa shape index (κ2) is 5.50. The summed E-state index contributed by atoms with van der Waals surface area (Å²) in [5.74, 6) is 0. The fraction of sp³-hybridized carbons (Fsp3) is 0.167. The minimum absolute atomic E-state index is 0.195. The number of aryl methyl sites for hydroxylation is 1. The molecule has 0 aliphatic rings. The fourth-order valence-electron chi connectivity index (χ4n) is 1.44. The van der Waals surface area contributed by atoms with Gasteiger partial charge in [0.25, 0.3) is 0 Å². The Labute approximate surface area is 128 Å². The first-order chi connectivity index (χ1) is 7.99. The molecule has 0 radical (unpaired) electrons. The van der Waals surface area contributed by atoms with Crippen LogP contribution in [0.25, 0.3) is 0 Å². The van der Waals surface area contributed by atoms with E-state index in [0.29, 0.717) is 10.0 Å². The van der Waals surface area contributed by atoms with Crippen molar-refractivity contribution < 1.29 is 0 Å². The molecule has 1 unspecified atom stereocenters. The van der Waals surface area contributed by atoms with E-state index in [1.807, 2.05) is 19.1 Å². The largest absolute Gasteiger partial charge is 0.131 e. The van der Waals surface area contributed by atoms with Gasteiger partial charge in [-0.05, 0) is 52.2 Å². The summed E-state index contributed by atoms with van der Waals surface area (Å²) in [7, 11) is 0. The molecule has 2 rings (SSSR count). The maximum absolute atomic E-state index is 6.43. The maximum atomic E-state index is 6.43. The van der Waals surface area contributed by atoms with E-state index in [4.69, 9.17) is 34.8 Å². The Morgan fingerprint density at radius 3 is 2.41 bits per heavy atom.